The third-order valence-corrected chi connectivity index (χ3v) is 3.91. The van der Waals surface area contributed by atoms with Gasteiger partial charge in [0.1, 0.15) is 6.26 Å². The quantitative estimate of drug-likeness (QED) is 0.662. The Morgan fingerprint density at radius 3 is 2.50 bits per heavy atom. The zero-order chi connectivity index (χ0) is 16.6. The van der Waals surface area contributed by atoms with E-state index in [-0.39, 0.29) is 5.91 Å². The van der Waals surface area contributed by atoms with Crippen LogP contribution in [-0.2, 0) is 13.0 Å². The monoisotopic (exact) mass is 320 g/mol. The molecule has 24 heavy (non-hydrogen) atoms. The van der Waals surface area contributed by atoms with Crippen molar-refractivity contribution in [1.82, 2.24) is 9.88 Å². The zero-order valence-electron chi connectivity index (χ0n) is 13.5. The molecule has 1 aromatic carbocycles. The van der Waals surface area contributed by atoms with Gasteiger partial charge in [-0.1, -0.05) is 30.3 Å². The number of benzene rings is 1. The van der Waals surface area contributed by atoms with Crippen LogP contribution in [0.1, 0.15) is 27.9 Å². The molecule has 0 aliphatic heterocycles. The fourth-order valence-corrected chi connectivity index (χ4v) is 2.65. The number of aromatic nitrogens is 1. The van der Waals surface area contributed by atoms with E-state index in [1.165, 1.54) is 18.1 Å². The van der Waals surface area contributed by atoms with Gasteiger partial charge in [0.25, 0.3) is 5.91 Å². The number of pyridine rings is 1. The Morgan fingerprint density at radius 1 is 1.00 bits per heavy atom. The van der Waals surface area contributed by atoms with Crippen molar-refractivity contribution in [2.24, 2.45) is 0 Å². The second-order valence-corrected chi connectivity index (χ2v) is 5.68. The van der Waals surface area contributed by atoms with E-state index in [2.05, 4.69) is 17.1 Å². The Labute approximate surface area is 141 Å². The summed E-state index contributed by atoms with van der Waals surface area (Å²) in [5, 5.41) is 0. The highest BCUT2D eigenvalue weighted by Gasteiger charge is 2.17. The van der Waals surface area contributed by atoms with Crippen molar-refractivity contribution in [1.29, 1.82) is 0 Å². The van der Waals surface area contributed by atoms with Gasteiger partial charge >= 0.3 is 0 Å². The molecule has 3 rings (SSSR count). The minimum Gasteiger partial charge on any atom is -0.472 e. The fraction of sp³-hybridized carbons (Fsp3) is 0.200. The lowest BCUT2D eigenvalue weighted by Gasteiger charge is -2.22. The maximum absolute atomic E-state index is 12.7. The smallest absolute Gasteiger partial charge is 0.257 e. The molecule has 0 spiro atoms. The van der Waals surface area contributed by atoms with Crippen molar-refractivity contribution in [3.05, 3.63) is 90.1 Å². The predicted octanol–water partition coefficient (Wildman–Crippen LogP) is 3.95. The Balaban J connectivity index is 1.66. The number of furan rings is 1. The van der Waals surface area contributed by atoms with Gasteiger partial charge in [-0.05, 0) is 42.2 Å². The topological polar surface area (TPSA) is 46.3 Å². The number of carbonyl (C=O) groups excluding carboxylic acids is 1. The Hall–Kier alpha value is -2.88. The normalized spacial score (nSPS) is 10.5. The minimum absolute atomic E-state index is 0.00590. The van der Waals surface area contributed by atoms with Gasteiger partial charge in [0, 0.05) is 25.5 Å². The largest absolute Gasteiger partial charge is 0.472 e. The van der Waals surface area contributed by atoms with Crippen molar-refractivity contribution >= 4 is 5.91 Å². The number of hydrogen-bond acceptors (Lipinski definition) is 3. The molecule has 0 saturated carbocycles. The molecule has 0 aliphatic rings. The van der Waals surface area contributed by atoms with Gasteiger partial charge in [-0.15, -0.1) is 0 Å². The van der Waals surface area contributed by atoms with E-state index in [0.29, 0.717) is 18.7 Å². The van der Waals surface area contributed by atoms with E-state index in [0.717, 1.165) is 18.4 Å². The van der Waals surface area contributed by atoms with Crippen molar-refractivity contribution in [2.45, 2.75) is 19.4 Å². The molecule has 1 amide bonds. The van der Waals surface area contributed by atoms with E-state index in [1.807, 2.05) is 35.2 Å². The van der Waals surface area contributed by atoms with Crippen molar-refractivity contribution in [2.75, 3.05) is 6.54 Å². The number of hydrogen-bond donors (Lipinski definition) is 0. The zero-order valence-corrected chi connectivity index (χ0v) is 13.5. The average Bonchev–Trinajstić information content (AvgIpc) is 3.17. The third kappa shape index (κ3) is 4.32. The molecule has 0 radical (unpaired) electrons. The van der Waals surface area contributed by atoms with Crippen LogP contribution >= 0.6 is 0 Å². The molecule has 2 heterocycles. The van der Waals surface area contributed by atoms with Gasteiger partial charge in [0.05, 0.1) is 11.8 Å². The molecule has 0 fully saturated rings. The lowest BCUT2D eigenvalue weighted by atomic mass is 10.1. The van der Waals surface area contributed by atoms with Crippen LogP contribution in [0.25, 0.3) is 0 Å². The molecule has 4 heteroatoms. The Bertz CT molecular complexity index is 740. The van der Waals surface area contributed by atoms with Gasteiger partial charge in [-0.2, -0.15) is 0 Å². The van der Waals surface area contributed by atoms with E-state index in [9.17, 15) is 4.79 Å². The van der Waals surface area contributed by atoms with Crippen LogP contribution in [0.15, 0.2) is 77.9 Å². The molecule has 0 atom stereocenters. The maximum Gasteiger partial charge on any atom is 0.257 e. The first-order valence-corrected chi connectivity index (χ1v) is 8.07. The van der Waals surface area contributed by atoms with E-state index in [1.54, 1.807) is 18.5 Å². The summed E-state index contributed by atoms with van der Waals surface area (Å²) in [6.45, 7) is 1.27. The second-order valence-electron chi connectivity index (χ2n) is 5.68. The molecule has 0 aliphatic carbocycles. The molecular weight excluding hydrogens is 300 g/mol. The summed E-state index contributed by atoms with van der Waals surface area (Å²) in [5.41, 5.74) is 2.95. The number of amides is 1. The van der Waals surface area contributed by atoms with Crippen molar-refractivity contribution in [3.8, 4) is 0 Å². The van der Waals surface area contributed by atoms with Gasteiger partial charge < -0.3 is 9.32 Å². The van der Waals surface area contributed by atoms with Crippen LogP contribution in [0.5, 0.6) is 0 Å². The average molecular weight is 320 g/mol. The summed E-state index contributed by atoms with van der Waals surface area (Å²) in [6, 6.07) is 15.9. The van der Waals surface area contributed by atoms with E-state index in [4.69, 9.17) is 4.42 Å². The van der Waals surface area contributed by atoms with Crippen LogP contribution in [0, 0.1) is 0 Å². The molecule has 0 bridgehead atoms. The van der Waals surface area contributed by atoms with Crippen molar-refractivity contribution in [3.63, 3.8) is 0 Å². The molecule has 0 N–H and O–H groups in total. The van der Waals surface area contributed by atoms with Crippen LogP contribution in [0.2, 0.25) is 0 Å². The van der Waals surface area contributed by atoms with Crippen LogP contribution in [-0.4, -0.2) is 22.3 Å². The van der Waals surface area contributed by atoms with Gasteiger partial charge in [-0.25, -0.2) is 0 Å². The SMILES string of the molecule is O=C(c1ccoc1)N(CCCc1ccccc1)Cc1ccncc1. The molecule has 0 unspecified atom stereocenters. The molecule has 4 nitrogen and oxygen atoms in total. The standard InChI is InChI=1S/C20H20N2O2/c23-20(19-10-14-24-16-19)22(15-18-8-11-21-12-9-18)13-4-7-17-5-2-1-3-6-17/h1-3,5-6,8-12,14,16H,4,7,13,15H2. The Morgan fingerprint density at radius 2 is 1.79 bits per heavy atom. The number of nitrogens with zero attached hydrogens (tertiary/aromatic N) is 2. The molecule has 2 aromatic heterocycles. The summed E-state index contributed by atoms with van der Waals surface area (Å²) in [4.78, 5) is 18.6. The number of carbonyl (C=O) groups is 1. The summed E-state index contributed by atoms with van der Waals surface area (Å²) >= 11 is 0. The lowest BCUT2D eigenvalue weighted by Crippen LogP contribution is -2.31. The van der Waals surface area contributed by atoms with Gasteiger partial charge in [0.15, 0.2) is 0 Å². The highest BCUT2D eigenvalue weighted by Crippen LogP contribution is 2.12. The lowest BCUT2D eigenvalue weighted by molar-refractivity contribution is 0.0740. The highest BCUT2D eigenvalue weighted by molar-refractivity contribution is 5.93. The molecule has 0 saturated heterocycles. The van der Waals surface area contributed by atoms with Crippen LogP contribution in [0.3, 0.4) is 0 Å². The molecular formula is C20H20N2O2. The van der Waals surface area contributed by atoms with Crippen LogP contribution < -0.4 is 0 Å². The third-order valence-electron chi connectivity index (χ3n) is 3.91. The summed E-state index contributed by atoms with van der Waals surface area (Å²) in [5.74, 6) is -0.00590. The van der Waals surface area contributed by atoms with Crippen LogP contribution in [0.4, 0.5) is 0 Å². The first kappa shape index (κ1) is 16.0. The molecule has 3 aromatic rings. The highest BCUT2D eigenvalue weighted by atomic mass is 16.3. The predicted molar refractivity (Wildman–Crippen MR) is 92.4 cm³/mol. The summed E-state index contributed by atoms with van der Waals surface area (Å²) in [7, 11) is 0. The fourth-order valence-electron chi connectivity index (χ4n) is 2.65. The van der Waals surface area contributed by atoms with E-state index >= 15 is 0 Å². The van der Waals surface area contributed by atoms with Crippen molar-refractivity contribution < 1.29 is 9.21 Å². The number of aryl methyl sites for hydroxylation is 1. The Kier molecular flexibility index (Phi) is 5.40. The summed E-state index contributed by atoms with van der Waals surface area (Å²) in [6.07, 6.45) is 8.39. The maximum atomic E-state index is 12.7. The first-order valence-electron chi connectivity index (χ1n) is 8.07. The molecule has 122 valence electrons. The van der Waals surface area contributed by atoms with E-state index < -0.39 is 0 Å². The van der Waals surface area contributed by atoms with Gasteiger partial charge in [-0.3, -0.25) is 9.78 Å². The summed E-state index contributed by atoms with van der Waals surface area (Å²) < 4.78 is 5.05. The first-order chi connectivity index (χ1) is 11.8. The van der Waals surface area contributed by atoms with Gasteiger partial charge in [0.2, 0.25) is 0 Å². The minimum atomic E-state index is -0.00590. The number of rotatable bonds is 7. The second kappa shape index (κ2) is 8.11.